The number of nitrogens with two attached hydrogens (primary N) is 1. The van der Waals surface area contributed by atoms with Gasteiger partial charge in [0.1, 0.15) is 0 Å². The summed E-state index contributed by atoms with van der Waals surface area (Å²) in [4.78, 5) is 3.36. The quantitative estimate of drug-likeness (QED) is 0.711. The van der Waals surface area contributed by atoms with Crippen LogP contribution in [0.4, 0.5) is 0 Å². The third-order valence-corrected chi connectivity index (χ3v) is 3.69. The molecule has 2 aromatic carbocycles. The van der Waals surface area contributed by atoms with E-state index < -0.39 is 0 Å². The van der Waals surface area contributed by atoms with Crippen LogP contribution in [-0.2, 0) is 6.54 Å². The van der Waals surface area contributed by atoms with E-state index in [4.69, 9.17) is 28.9 Å². The van der Waals surface area contributed by atoms with E-state index in [1.165, 1.54) is 0 Å². The summed E-state index contributed by atoms with van der Waals surface area (Å²) in [6.07, 6.45) is 0. The van der Waals surface area contributed by atoms with Crippen LogP contribution in [0.1, 0.15) is 5.56 Å². The smallest absolute Gasteiger partial charge is 0.0514 e. The van der Waals surface area contributed by atoms with Gasteiger partial charge in [-0.1, -0.05) is 29.3 Å². The van der Waals surface area contributed by atoms with Gasteiger partial charge in [0.15, 0.2) is 0 Å². The normalized spacial score (nSPS) is 11.1. The highest BCUT2D eigenvalue weighted by Crippen LogP contribution is 2.32. The monoisotopic (exact) mass is 290 g/mol. The summed E-state index contributed by atoms with van der Waals surface area (Å²) < 4.78 is 0. The Bertz CT molecular complexity index is 747. The molecular weight excluding hydrogens is 279 g/mol. The average Bonchev–Trinajstić information content (AvgIpc) is 2.80. The number of rotatable bonds is 2. The second-order valence-corrected chi connectivity index (χ2v) is 5.28. The Kier molecular flexibility index (Phi) is 3.23. The molecule has 0 spiro atoms. The van der Waals surface area contributed by atoms with Gasteiger partial charge < -0.3 is 10.7 Å². The van der Waals surface area contributed by atoms with Gasteiger partial charge in [-0.25, -0.2) is 0 Å². The van der Waals surface area contributed by atoms with E-state index in [-0.39, 0.29) is 0 Å². The van der Waals surface area contributed by atoms with Crippen molar-refractivity contribution in [2.24, 2.45) is 5.73 Å². The van der Waals surface area contributed by atoms with Crippen LogP contribution in [0.3, 0.4) is 0 Å². The predicted octanol–water partition coefficient (Wildman–Crippen LogP) is 4.60. The molecule has 0 unspecified atom stereocenters. The molecule has 0 aliphatic heterocycles. The molecule has 1 aromatic heterocycles. The van der Waals surface area contributed by atoms with Gasteiger partial charge in [-0.05, 0) is 42.0 Å². The number of nitrogens with one attached hydrogen (secondary N) is 1. The van der Waals surface area contributed by atoms with Crippen LogP contribution in [-0.4, -0.2) is 4.98 Å². The lowest BCUT2D eigenvalue weighted by Crippen LogP contribution is -1.94. The lowest BCUT2D eigenvalue weighted by molar-refractivity contribution is 1.08. The maximum absolute atomic E-state index is 6.23. The molecule has 2 nitrogen and oxygen atoms in total. The maximum atomic E-state index is 6.23. The van der Waals surface area contributed by atoms with Crippen LogP contribution in [0.15, 0.2) is 42.5 Å². The molecule has 1 heterocycles. The molecule has 3 rings (SSSR count). The van der Waals surface area contributed by atoms with Crippen molar-refractivity contribution >= 4 is 34.1 Å². The molecule has 0 amide bonds. The van der Waals surface area contributed by atoms with E-state index in [1.807, 2.05) is 24.3 Å². The molecule has 0 aliphatic carbocycles. The highest BCUT2D eigenvalue weighted by atomic mass is 35.5. The lowest BCUT2D eigenvalue weighted by atomic mass is 10.1. The first-order valence-corrected chi connectivity index (χ1v) is 6.70. The summed E-state index contributed by atoms with van der Waals surface area (Å²) in [5, 5.41) is 2.40. The molecule has 0 saturated carbocycles. The molecule has 0 radical (unpaired) electrons. The topological polar surface area (TPSA) is 41.8 Å². The molecule has 3 aromatic rings. The van der Waals surface area contributed by atoms with Crippen molar-refractivity contribution < 1.29 is 0 Å². The SMILES string of the molecule is NCc1ccc2[nH]c(-c3ccc(Cl)cc3Cl)cc2c1. The number of aromatic nitrogens is 1. The number of aromatic amines is 1. The van der Waals surface area contributed by atoms with Crippen LogP contribution >= 0.6 is 23.2 Å². The largest absolute Gasteiger partial charge is 0.354 e. The van der Waals surface area contributed by atoms with E-state index in [1.54, 1.807) is 6.07 Å². The summed E-state index contributed by atoms with van der Waals surface area (Å²) in [7, 11) is 0. The highest BCUT2D eigenvalue weighted by Gasteiger charge is 2.08. The predicted molar refractivity (Wildman–Crippen MR) is 81.6 cm³/mol. The Morgan fingerprint density at radius 2 is 1.84 bits per heavy atom. The lowest BCUT2D eigenvalue weighted by Gasteiger charge is -2.01. The van der Waals surface area contributed by atoms with Gasteiger partial charge >= 0.3 is 0 Å². The molecular formula is C15H12Cl2N2. The number of benzene rings is 2. The van der Waals surface area contributed by atoms with Gasteiger partial charge in [0, 0.05) is 33.7 Å². The molecule has 96 valence electrons. The number of halogens is 2. The molecule has 4 heteroatoms. The Balaban J connectivity index is 2.14. The minimum absolute atomic E-state index is 0.540. The molecule has 0 atom stereocenters. The standard InChI is InChI=1S/C15H12Cl2N2/c16-11-2-3-12(13(17)7-11)15-6-10-5-9(8-18)1-4-14(10)19-15/h1-7,19H,8,18H2. The van der Waals surface area contributed by atoms with Crippen molar-refractivity contribution in [3.05, 3.63) is 58.1 Å². The second kappa shape index (κ2) is 4.89. The minimum Gasteiger partial charge on any atom is -0.354 e. The Morgan fingerprint density at radius 1 is 1.00 bits per heavy atom. The summed E-state index contributed by atoms with van der Waals surface area (Å²) in [5.74, 6) is 0. The molecule has 0 saturated heterocycles. The van der Waals surface area contributed by atoms with Gasteiger partial charge in [0.25, 0.3) is 0 Å². The van der Waals surface area contributed by atoms with Gasteiger partial charge in [0.2, 0.25) is 0 Å². The van der Waals surface area contributed by atoms with Gasteiger partial charge in [-0.2, -0.15) is 0 Å². The zero-order valence-electron chi connectivity index (χ0n) is 10.1. The van der Waals surface area contributed by atoms with Crippen molar-refractivity contribution in [2.45, 2.75) is 6.54 Å². The van der Waals surface area contributed by atoms with Crippen molar-refractivity contribution in [1.29, 1.82) is 0 Å². The average molecular weight is 291 g/mol. The van der Waals surface area contributed by atoms with Crippen molar-refractivity contribution in [2.75, 3.05) is 0 Å². The van der Waals surface area contributed by atoms with Gasteiger partial charge in [0.05, 0.1) is 5.02 Å². The number of hydrogen-bond acceptors (Lipinski definition) is 1. The van der Waals surface area contributed by atoms with Crippen LogP contribution in [0, 0.1) is 0 Å². The van der Waals surface area contributed by atoms with E-state index in [9.17, 15) is 0 Å². The zero-order chi connectivity index (χ0) is 13.4. The fraction of sp³-hybridized carbons (Fsp3) is 0.0667. The third kappa shape index (κ3) is 2.35. The second-order valence-electron chi connectivity index (χ2n) is 4.43. The Hall–Kier alpha value is -1.48. The van der Waals surface area contributed by atoms with E-state index in [0.717, 1.165) is 27.7 Å². The maximum Gasteiger partial charge on any atom is 0.0514 e. The Labute approximate surface area is 121 Å². The van der Waals surface area contributed by atoms with Crippen molar-refractivity contribution in [3.8, 4) is 11.3 Å². The summed E-state index contributed by atoms with van der Waals surface area (Å²) in [6.45, 7) is 0.540. The van der Waals surface area contributed by atoms with Crippen molar-refractivity contribution in [3.63, 3.8) is 0 Å². The molecule has 0 aliphatic rings. The minimum atomic E-state index is 0.540. The summed E-state index contributed by atoms with van der Waals surface area (Å²) in [6, 6.07) is 13.7. The van der Waals surface area contributed by atoms with E-state index >= 15 is 0 Å². The molecule has 3 N–H and O–H groups in total. The van der Waals surface area contributed by atoms with Crippen LogP contribution in [0.2, 0.25) is 10.0 Å². The number of hydrogen-bond donors (Lipinski definition) is 2. The fourth-order valence-corrected chi connectivity index (χ4v) is 2.67. The molecule has 0 fully saturated rings. The van der Waals surface area contributed by atoms with Crippen LogP contribution in [0.5, 0.6) is 0 Å². The first-order valence-electron chi connectivity index (χ1n) is 5.94. The van der Waals surface area contributed by atoms with E-state index in [0.29, 0.717) is 16.6 Å². The van der Waals surface area contributed by atoms with Gasteiger partial charge in [-0.3, -0.25) is 0 Å². The highest BCUT2D eigenvalue weighted by molar-refractivity contribution is 6.36. The summed E-state index contributed by atoms with van der Waals surface area (Å²) >= 11 is 12.1. The molecule has 0 bridgehead atoms. The van der Waals surface area contributed by atoms with Gasteiger partial charge in [-0.15, -0.1) is 0 Å². The first kappa shape index (κ1) is 12.5. The first-order chi connectivity index (χ1) is 9.17. The third-order valence-electron chi connectivity index (χ3n) is 3.14. The van der Waals surface area contributed by atoms with Crippen molar-refractivity contribution in [1.82, 2.24) is 4.98 Å². The number of fused-ring (bicyclic) bond motifs is 1. The van der Waals surface area contributed by atoms with Crippen LogP contribution in [0.25, 0.3) is 22.2 Å². The molecule has 19 heavy (non-hydrogen) atoms. The zero-order valence-corrected chi connectivity index (χ0v) is 11.6. The van der Waals surface area contributed by atoms with E-state index in [2.05, 4.69) is 17.1 Å². The Morgan fingerprint density at radius 3 is 2.58 bits per heavy atom. The summed E-state index contributed by atoms with van der Waals surface area (Å²) in [5.41, 5.74) is 9.75. The van der Waals surface area contributed by atoms with Crippen LogP contribution < -0.4 is 5.73 Å². The number of H-pyrrole nitrogens is 1. The fourth-order valence-electron chi connectivity index (χ4n) is 2.16.